The smallest absolute Gasteiger partial charge is 0.352 e. The first kappa shape index (κ1) is 23.1. The number of benzene rings is 1. The molecule has 3 atom stereocenters. The summed E-state index contributed by atoms with van der Waals surface area (Å²) in [5, 5.41) is 11.5. The van der Waals surface area contributed by atoms with Crippen LogP contribution < -0.4 is 15.8 Å². The van der Waals surface area contributed by atoms with Gasteiger partial charge in [-0.2, -0.15) is 0 Å². The minimum absolute atomic E-state index is 0.0882. The van der Waals surface area contributed by atoms with Crippen molar-refractivity contribution in [2.45, 2.75) is 17.5 Å². The molecule has 0 aromatic heterocycles. The summed E-state index contributed by atoms with van der Waals surface area (Å²) in [5.74, 6) is -2.07. The van der Waals surface area contributed by atoms with E-state index in [1.165, 1.54) is 31.0 Å². The highest BCUT2D eigenvalue weighted by Crippen LogP contribution is 2.40. The Morgan fingerprint density at radius 2 is 2.13 bits per heavy atom. The molecule has 0 radical (unpaired) electrons. The molecule has 2 amide bonds. The van der Waals surface area contributed by atoms with Gasteiger partial charge >= 0.3 is 5.97 Å². The average Bonchev–Trinajstić information content (AvgIpc) is 2.69. The average molecular weight is 471 g/mol. The number of β-lactam (4-membered cyclic amide) rings is 1. The molecule has 2 aliphatic heterocycles. The molecule has 0 bridgehead atoms. The molecule has 1 aromatic carbocycles. The second-order valence-corrected chi connectivity index (χ2v) is 9.92. The number of carboxylic acids is 1. The molecule has 13 heteroatoms. The van der Waals surface area contributed by atoms with Gasteiger partial charge in [-0.3, -0.25) is 19.2 Å². The fraction of sp³-hybridized carbons (Fsp3) is 0.389. The van der Waals surface area contributed by atoms with E-state index < -0.39 is 45.3 Å². The first-order valence-electron chi connectivity index (χ1n) is 9.06. The van der Waals surface area contributed by atoms with Crippen molar-refractivity contribution >= 4 is 45.3 Å². The zero-order valence-corrected chi connectivity index (χ0v) is 18.3. The highest BCUT2D eigenvalue weighted by Gasteiger charge is 2.54. The number of rotatable bonds is 8. The fourth-order valence-corrected chi connectivity index (χ4v) is 5.26. The number of nitrogens with one attached hydrogen (secondary N) is 2. The third-order valence-electron chi connectivity index (χ3n) is 4.70. The number of aliphatic carboxylic acids is 1. The number of fused-ring (bicyclic) bond motifs is 1. The van der Waals surface area contributed by atoms with Crippen molar-refractivity contribution in [3.05, 3.63) is 41.1 Å². The predicted octanol–water partition coefficient (Wildman–Crippen LogP) is -0.557. The zero-order chi connectivity index (χ0) is 22.9. The summed E-state index contributed by atoms with van der Waals surface area (Å²) in [7, 11) is -2.06. The number of thioether (sulfide) groups is 1. The number of amides is 2. The second-order valence-electron chi connectivity index (χ2n) is 7.06. The lowest BCUT2D eigenvalue weighted by Gasteiger charge is -2.49. The molecule has 1 unspecified atom stereocenters. The van der Waals surface area contributed by atoms with E-state index in [0.717, 1.165) is 11.2 Å². The maximum absolute atomic E-state index is 12.6. The van der Waals surface area contributed by atoms with Crippen LogP contribution in [0.4, 0.5) is 5.69 Å². The van der Waals surface area contributed by atoms with Gasteiger partial charge in [0.2, 0.25) is 15.9 Å². The van der Waals surface area contributed by atoms with E-state index in [9.17, 15) is 27.9 Å². The summed E-state index contributed by atoms with van der Waals surface area (Å²) in [6.45, 7) is 0.0882. The SMILES string of the molecule is COCC1=C(C(=O)O)N2C(=O)C(NC(=O)[C@H](N)c3cccc(NS(C)(=O)=O)c3)[C@H]2SC1. The summed E-state index contributed by atoms with van der Waals surface area (Å²) in [5.41, 5.74) is 6.97. The van der Waals surface area contributed by atoms with Gasteiger partial charge in [-0.1, -0.05) is 12.1 Å². The van der Waals surface area contributed by atoms with E-state index in [1.807, 2.05) is 0 Å². The Labute approximate surface area is 183 Å². The molecule has 0 aliphatic carbocycles. The number of hydrogen-bond acceptors (Lipinski definition) is 8. The molecule has 1 aromatic rings. The number of ether oxygens (including phenoxy) is 1. The van der Waals surface area contributed by atoms with Gasteiger partial charge in [0.1, 0.15) is 23.2 Å². The summed E-state index contributed by atoms with van der Waals surface area (Å²) >= 11 is 1.32. The quantitative estimate of drug-likeness (QED) is 0.364. The van der Waals surface area contributed by atoms with E-state index in [1.54, 1.807) is 12.1 Å². The first-order valence-corrected chi connectivity index (χ1v) is 12.0. The van der Waals surface area contributed by atoms with Crippen LogP contribution in [0.25, 0.3) is 0 Å². The molecule has 3 rings (SSSR count). The summed E-state index contributed by atoms with van der Waals surface area (Å²) in [4.78, 5) is 38.1. The van der Waals surface area contributed by atoms with Gasteiger partial charge in [0, 0.05) is 18.6 Å². The Bertz CT molecular complexity index is 1060. The summed E-state index contributed by atoms with van der Waals surface area (Å²) < 4.78 is 30.1. The highest BCUT2D eigenvalue weighted by atomic mass is 32.2. The van der Waals surface area contributed by atoms with Gasteiger partial charge < -0.3 is 20.9 Å². The van der Waals surface area contributed by atoms with Crippen LogP contribution in [0, 0.1) is 0 Å². The lowest BCUT2D eigenvalue weighted by Crippen LogP contribution is -2.71. The summed E-state index contributed by atoms with van der Waals surface area (Å²) in [6.07, 6.45) is 1.000. The van der Waals surface area contributed by atoms with E-state index in [2.05, 4.69) is 10.0 Å². The maximum atomic E-state index is 12.6. The van der Waals surface area contributed by atoms with E-state index in [4.69, 9.17) is 10.5 Å². The van der Waals surface area contributed by atoms with Gasteiger partial charge in [-0.25, -0.2) is 13.2 Å². The number of nitrogens with two attached hydrogens (primary N) is 1. The molecule has 1 saturated heterocycles. The van der Waals surface area contributed by atoms with Crippen LogP contribution in [0.1, 0.15) is 11.6 Å². The molecule has 168 valence electrons. The highest BCUT2D eigenvalue weighted by molar-refractivity contribution is 8.00. The van der Waals surface area contributed by atoms with Gasteiger partial charge in [0.15, 0.2) is 0 Å². The third-order valence-corrected chi connectivity index (χ3v) is 6.64. The van der Waals surface area contributed by atoms with Crippen molar-refractivity contribution in [1.82, 2.24) is 10.2 Å². The van der Waals surface area contributed by atoms with Crippen molar-refractivity contribution in [1.29, 1.82) is 0 Å². The number of carbonyl (C=O) groups is 3. The molecule has 2 aliphatic rings. The van der Waals surface area contributed by atoms with E-state index in [-0.39, 0.29) is 18.0 Å². The minimum Gasteiger partial charge on any atom is -0.477 e. The topological polar surface area (TPSA) is 168 Å². The standard InChI is InChI=1S/C18H22N4O7S2/c1-29-7-10-8-30-17-13(16(24)22(17)14(10)18(25)26)20-15(23)12(19)9-4-3-5-11(6-9)21-31(2,27)28/h3-6,12-13,17,21H,7-8,19H2,1-2H3,(H,20,23)(H,25,26)/t12-,13?,17-/m1/s1. The molecule has 0 saturated carbocycles. The number of sulfonamides is 1. The molecular formula is C18H22N4O7S2. The lowest BCUT2D eigenvalue weighted by molar-refractivity contribution is -0.151. The predicted molar refractivity (Wildman–Crippen MR) is 113 cm³/mol. The Morgan fingerprint density at radius 1 is 1.42 bits per heavy atom. The van der Waals surface area contributed by atoms with Crippen LogP contribution in [-0.4, -0.2) is 73.3 Å². The molecule has 1 fully saturated rings. The fourth-order valence-electron chi connectivity index (χ4n) is 3.37. The molecule has 11 nitrogen and oxygen atoms in total. The summed E-state index contributed by atoms with van der Waals surface area (Å²) in [6, 6.07) is 3.97. The Hall–Kier alpha value is -2.61. The van der Waals surface area contributed by atoms with Crippen molar-refractivity contribution in [3.8, 4) is 0 Å². The minimum atomic E-state index is -3.50. The first-order chi connectivity index (χ1) is 14.5. The third kappa shape index (κ3) is 4.84. The van der Waals surface area contributed by atoms with Gasteiger partial charge in [-0.15, -0.1) is 11.8 Å². The monoisotopic (exact) mass is 470 g/mol. The Balaban J connectivity index is 1.72. The van der Waals surface area contributed by atoms with Crippen LogP contribution in [0.2, 0.25) is 0 Å². The number of nitrogens with zero attached hydrogens (tertiary/aromatic N) is 1. The molecule has 2 heterocycles. The van der Waals surface area contributed by atoms with Gasteiger partial charge in [0.25, 0.3) is 5.91 Å². The maximum Gasteiger partial charge on any atom is 0.352 e. The normalized spacial score (nSPS) is 21.8. The molecule has 0 spiro atoms. The van der Waals surface area contributed by atoms with Crippen LogP contribution in [0.15, 0.2) is 35.5 Å². The number of anilines is 1. The Kier molecular flexibility index (Phi) is 6.59. The number of carboxylic acid groups (broad SMARTS) is 1. The molecule has 31 heavy (non-hydrogen) atoms. The molecular weight excluding hydrogens is 448 g/mol. The Morgan fingerprint density at radius 3 is 2.74 bits per heavy atom. The van der Waals surface area contributed by atoms with E-state index in [0.29, 0.717) is 16.9 Å². The zero-order valence-electron chi connectivity index (χ0n) is 16.7. The number of methoxy groups -OCH3 is 1. The lowest BCUT2D eigenvalue weighted by atomic mass is 10.0. The van der Waals surface area contributed by atoms with Crippen molar-refractivity contribution in [2.24, 2.45) is 5.73 Å². The van der Waals surface area contributed by atoms with Crippen LogP contribution in [-0.2, 0) is 29.1 Å². The van der Waals surface area contributed by atoms with Gasteiger partial charge in [-0.05, 0) is 23.3 Å². The van der Waals surface area contributed by atoms with Crippen molar-refractivity contribution in [2.75, 3.05) is 30.4 Å². The number of hydrogen-bond donors (Lipinski definition) is 4. The number of carbonyl (C=O) groups excluding carboxylic acids is 2. The van der Waals surface area contributed by atoms with Crippen LogP contribution >= 0.6 is 11.8 Å². The van der Waals surface area contributed by atoms with Crippen LogP contribution in [0.5, 0.6) is 0 Å². The van der Waals surface area contributed by atoms with Gasteiger partial charge in [0.05, 0.1) is 12.9 Å². The van der Waals surface area contributed by atoms with Crippen LogP contribution in [0.3, 0.4) is 0 Å². The van der Waals surface area contributed by atoms with Crippen molar-refractivity contribution < 1.29 is 32.6 Å². The van der Waals surface area contributed by atoms with Crippen molar-refractivity contribution in [3.63, 3.8) is 0 Å². The largest absolute Gasteiger partial charge is 0.477 e. The molecule has 5 N–H and O–H groups in total. The van der Waals surface area contributed by atoms with E-state index >= 15 is 0 Å². The second kappa shape index (κ2) is 8.86.